The van der Waals surface area contributed by atoms with Crippen molar-refractivity contribution in [3.05, 3.63) is 29.6 Å². The first-order chi connectivity index (χ1) is 14.5. The van der Waals surface area contributed by atoms with Crippen molar-refractivity contribution in [3.63, 3.8) is 0 Å². The molecule has 0 spiro atoms. The van der Waals surface area contributed by atoms with Crippen molar-refractivity contribution in [3.8, 4) is 6.07 Å². The number of nitrogens with one attached hydrogen (secondary N) is 1. The third-order valence-corrected chi connectivity index (χ3v) is 5.16. The summed E-state index contributed by atoms with van der Waals surface area (Å²) < 4.78 is 64.7. The van der Waals surface area contributed by atoms with Gasteiger partial charge in [0.15, 0.2) is 5.71 Å². The van der Waals surface area contributed by atoms with E-state index >= 15 is 0 Å². The summed E-state index contributed by atoms with van der Waals surface area (Å²) in [5.41, 5.74) is -6.07. The molecule has 0 aromatic heterocycles. The number of likely N-dealkylation sites (N-methyl/N-ethyl adjacent to an activating group) is 1. The SMILES string of the molecule is CCN(CC)C1=CC(=N\S(=O)(=O)C(F)(F)F)/C(=N/N=C2\N=C(C#N)C(=C=N)N2C)C=C1. The summed E-state index contributed by atoms with van der Waals surface area (Å²) in [5, 5.41) is 23.8. The van der Waals surface area contributed by atoms with Crippen molar-refractivity contribution in [2.24, 2.45) is 19.6 Å². The van der Waals surface area contributed by atoms with Gasteiger partial charge in [0, 0.05) is 31.7 Å². The Morgan fingerprint density at radius 2 is 1.87 bits per heavy atom. The van der Waals surface area contributed by atoms with Crippen LogP contribution in [-0.4, -0.2) is 72.8 Å². The molecule has 1 heterocycles. The van der Waals surface area contributed by atoms with Crippen LogP contribution in [0.4, 0.5) is 13.2 Å². The quantitative estimate of drug-likeness (QED) is 0.384. The van der Waals surface area contributed by atoms with Gasteiger partial charge in [-0.2, -0.15) is 36.2 Å². The van der Waals surface area contributed by atoms with Gasteiger partial charge in [-0.05, 0) is 32.1 Å². The fourth-order valence-electron chi connectivity index (χ4n) is 2.53. The molecule has 1 N–H and O–H groups in total. The predicted octanol–water partition coefficient (Wildman–Crippen LogP) is 1.83. The first-order valence-corrected chi connectivity index (χ1v) is 10.2. The maximum atomic E-state index is 12.9. The maximum Gasteiger partial charge on any atom is 0.518 e. The van der Waals surface area contributed by atoms with E-state index in [0.29, 0.717) is 18.8 Å². The van der Waals surface area contributed by atoms with Crippen LogP contribution >= 0.6 is 0 Å². The van der Waals surface area contributed by atoms with Gasteiger partial charge >= 0.3 is 15.5 Å². The number of halogens is 3. The lowest BCUT2D eigenvalue weighted by molar-refractivity contribution is -0.0435. The summed E-state index contributed by atoms with van der Waals surface area (Å²) in [4.78, 5) is 6.86. The lowest BCUT2D eigenvalue weighted by Gasteiger charge is -2.24. The molecule has 0 fully saturated rings. The Labute approximate surface area is 176 Å². The first-order valence-electron chi connectivity index (χ1n) is 8.73. The number of guanidine groups is 1. The number of alkyl halides is 3. The summed E-state index contributed by atoms with van der Waals surface area (Å²) in [6.07, 6.45) is 3.98. The number of allylic oxidation sites excluding steroid dienone is 4. The summed E-state index contributed by atoms with van der Waals surface area (Å²) in [6.45, 7) is 4.70. The van der Waals surface area contributed by atoms with Crippen LogP contribution in [-0.2, 0) is 10.0 Å². The molecule has 0 aromatic carbocycles. The number of hydrogen-bond donors (Lipinski definition) is 1. The minimum Gasteiger partial charge on any atom is -0.372 e. The third kappa shape index (κ3) is 4.96. The number of rotatable bonds is 5. The van der Waals surface area contributed by atoms with Gasteiger partial charge in [0.1, 0.15) is 23.2 Å². The Kier molecular flexibility index (Phi) is 6.94. The Hall–Kier alpha value is -3.56. The normalized spacial score (nSPS) is 20.7. The van der Waals surface area contributed by atoms with E-state index in [0.717, 1.165) is 0 Å². The second-order valence-electron chi connectivity index (χ2n) is 5.96. The Balaban J connectivity index is 2.59. The molecular weight excluding hydrogens is 437 g/mol. The van der Waals surface area contributed by atoms with Crippen LogP contribution in [0.3, 0.4) is 0 Å². The van der Waals surface area contributed by atoms with Crippen LogP contribution in [0.25, 0.3) is 0 Å². The molecule has 0 atom stereocenters. The van der Waals surface area contributed by atoms with Gasteiger partial charge in [-0.15, -0.1) is 10.2 Å². The van der Waals surface area contributed by atoms with Crippen molar-refractivity contribution in [1.82, 2.24) is 9.80 Å². The number of nitrogens with zero attached hydrogens (tertiary/aromatic N) is 7. The molecule has 31 heavy (non-hydrogen) atoms. The molecule has 0 bridgehead atoms. The summed E-state index contributed by atoms with van der Waals surface area (Å²) in [7, 11) is -4.39. The zero-order valence-corrected chi connectivity index (χ0v) is 17.5. The Morgan fingerprint density at radius 1 is 1.23 bits per heavy atom. The molecule has 14 heteroatoms. The van der Waals surface area contributed by atoms with E-state index in [1.165, 1.54) is 30.2 Å². The predicted molar refractivity (Wildman–Crippen MR) is 109 cm³/mol. The average Bonchev–Trinajstić information content (AvgIpc) is 3.01. The largest absolute Gasteiger partial charge is 0.518 e. The van der Waals surface area contributed by atoms with Crippen molar-refractivity contribution in [2.75, 3.05) is 20.1 Å². The van der Waals surface area contributed by atoms with Crippen molar-refractivity contribution in [2.45, 2.75) is 19.4 Å². The molecule has 0 unspecified atom stereocenters. The molecular formula is C17H17F3N8O2S. The zero-order chi connectivity index (χ0) is 23.4. The van der Waals surface area contributed by atoms with Gasteiger partial charge in [-0.25, -0.2) is 0 Å². The van der Waals surface area contributed by atoms with Gasteiger partial charge in [0.2, 0.25) is 0 Å². The first kappa shape index (κ1) is 23.7. The molecule has 1 aliphatic carbocycles. The molecule has 10 nitrogen and oxygen atoms in total. The Morgan fingerprint density at radius 3 is 2.35 bits per heavy atom. The Bertz CT molecular complexity index is 1140. The molecule has 0 amide bonds. The molecule has 2 rings (SSSR count). The molecule has 0 aromatic rings. The lowest BCUT2D eigenvalue weighted by atomic mass is 10.1. The fourth-order valence-corrected chi connectivity index (χ4v) is 3.04. The highest BCUT2D eigenvalue weighted by Gasteiger charge is 2.46. The number of nitriles is 1. The molecule has 2 aliphatic rings. The summed E-state index contributed by atoms with van der Waals surface area (Å²) >= 11 is 0. The molecule has 0 saturated heterocycles. The van der Waals surface area contributed by atoms with E-state index in [1.54, 1.807) is 11.0 Å². The lowest BCUT2D eigenvalue weighted by Crippen LogP contribution is -2.28. The van der Waals surface area contributed by atoms with Gasteiger partial charge < -0.3 is 9.80 Å². The van der Waals surface area contributed by atoms with Gasteiger partial charge in [-0.1, -0.05) is 0 Å². The van der Waals surface area contributed by atoms with Crippen LogP contribution < -0.4 is 0 Å². The van der Waals surface area contributed by atoms with E-state index in [1.807, 2.05) is 19.7 Å². The zero-order valence-electron chi connectivity index (χ0n) is 16.6. The third-order valence-electron chi connectivity index (χ3n) is 4.14. The van der Waals surface area contributed by atoms with Crippen molar-refractivity contribution < 1.29 is 21.6 Å². The minimum atomic E-state index is -5.82. The fraction of sp³-hybridized carbons (Fsp3) is 0.353. The van der Waals surface area contributed by atoms with E-state index < -0.39 is 21.2 Å². The van der Waals surface area contributed by atoms with Crippen molar-refractivity contribution >= 4 is 39.0 Å². The van der Waals surface area contributed by atoms with Crippen LogP contribution in [0, 0.1) is 16.7 Å². The van der Waals surface area contributed by atoms with E-state index in [2.05, 4.69) is 19.6 Å². The summed E-state index contributed by atoms with van der Waals surface area (Å²) in [6, 6.07) is 1.75. The van der Waals surface area contributed by atoms with Crippen molar-refractivity contribution in [1.29, 1.82) is 10.7 Å². The van der Waals surface area contributed by atoms with Gasteiger partial charge in [0.25, 0.3) is 5.96 Å². The second kappa shape index (κ2) is 9.07. The van der Waals surface area contributed by atoms with Crippen LogP contribution in [0.1, 0.15) is 13.8 Å². The number of hydrogen-bond acceptors (Lipinski definition) is 7. The number of aliphatic imine (C=N–C) groups is 1. The molecule has 0 radical (unpaired) electrons. The topological polar surface area (TPSA) is 138 Å². The number of sulfonamides is 1. The van der Waals surface area contributed by atoms with E-state index in [4.69, 9.17) is 10.7 Å². The average molecular weight is 454 g/mol. The molecule has 1 aliphatic heterocycles. The molecule has 164 valence electrons. The van der Waals surface area contributed by atoms with Gasteiger partial charge in [0.05, 0.1) is 0 Å². The van der Waals surface area contributed by atoms with Crippen LogP contribution in [0.2, 0.25) is 0 Å². The van der Waals surface area contributed by atoms with Gasteiger partial charge in [-0.3, -0.25) is 5.41 Å². The maximum absolute atomic E-state index is 12.9. The smallest absolute Gasteiger partial charge is 0.372 e. The highest BCUT2D eigenvalue weighted by atomic mass is 32.2. The highest BCUT2D eigenvalue weighted by Crippen LogP contribution is 2.26. The monoisotopic (exact) mass is 454 g/mol. The van der Waals surface area contributed by atoms with E-state index in [9.17, 15) is 21.6 Å². The standard InChI is InChI=1S/C17H17F3N8O2S/c1-4-28(5-2)11-6-7-12(13(8-11)26-31(29,30)17(18,19)20)24-25-16-23-14(9-21)15(10-22)27(16)3/h6-8,22H,4-5H2,1-3H3/b24-12+,25-16+,26-13+. The van der Waals surface area contributed by atoms with Crippen LogP contribution in [0.15, 0.2) is 49.2 Å². The van der Waals surface area contributed by atoms with E-state index in [-0.39, 0.29) is 23.1 Å². The molecule has 0 saturated carbocycles. The minimum absolute atomic E-state index is 0.0258. The summed E-state index contributed by atoms with van der Waals surface area (Å²) in [5.74, 6) is 1.89. The highest BCUT2D eigenvalue weighted by molar-refractivity contribution is 7.91. The second-order valence-corrected chi connectivity index (χ2v) is 7.56. The van der Waals surface area contributed by atoms with Crippen LogP contribution in [0.5, 0.6) is 0 Å².